The lowest BCUT2D eigenvalue weighted by Gasteiger charge is -2.29. The van der Waals surface area contributed by atoms with Crippen molar-refractivity contribution in [1.82, 2.24) is 9.55 Å². The number of carboxylic acid groups (broad SMARTS) is 1. The molecule has 32 heavy (non-hydrogen) atoms. The van der Waals surface area contributed by atoms with Crippen LogP contribution in [0.25, 0.3) is 31.7 Å². The van der Waals surface area contributed by atoms with Crippen molar-refractivity contribution in [1.29, 1.82) is 0 Å². The Bertz CT molecular complexity index is 1380. The predicted octanol–water partition coefficient (Wildman–Crippen LogP) is 4.56. The first-order valence-electron chi connectivity index (χ1n) is 9.97. The van der Waals surface area contributed by atoms with Crippen LogP contribution in [0.15, 0.2) is 24.3 Å². The molecule has 1 saturated heterocycles. The first-order chi connectivity index (χ1) is 15.3. The summed E-state index contributed by atoms with van der Waals surface area (Å²) >= 11 is 0.913. The second kappa shape index (κ2) is 7.79. The molecule has 2 aromatic carbocycles. The molecule has 4 aromatic rings. The van der Waals surface area contributed by atoms with E-state index in [1.54, 1.807) is 11.5 Å². The molecule has 0 spiro atoms. The Morgan fingerprint density at radius 3 is 2.66 bits per heavy atom. The lowest BCUT2D eigenvalue weighted by atomic mass is 10.1. The van der Waals surface area contributed by atoms with Crippen LogP contribution in [0.5, 0.6) is 0 Å². The normalized spacial score (nSPS) is 14.6. The summed E-state index contributed by atoms with van der Waals surface area (Å²) in [6, 6.07) is 6.21. The van der Waals surface area contributed by atoms with Crippen molar-refractivity contribution in [2.75, 3.05) is 31.2 Å². The number of rotatable bonds is 4. The zero-order valence-electron chi connectivity index (χ0n) is 17.0. The second-order valence-electron chi connectivity index (χ2n) is 7.59. The minimum absolute atomic E-state index is 0.0811. The number of ether oxygens (including phenoxy) is 1. The number of morpholine rings is 1. The molecule has 0 radical (unpaired) electrons. The first-order valence-corrected chi connectivity index (χ1v) is 10.8. The monoisotopic (exact) mass is 461 g/mol. The highest BCUT2D eigenvalue weighted by Crippen LogP contribution is 2.41. The number of anilines is 1. The van der Waals surface area contributed by atoms with Crippen LogP contribution in [0.3, 0.4) is 0 Å². The van der Waals surface area contributed by atoms with E-state index in [4.69, 9.17) is 4.74 Å². The smallest absolute Gasteiger partial charge is 0.323 e. The maximum absolute atomic E-state index is 14.3. The maximum atomic E-state index is 14.3. The van der Waals surface area contributed by atoms with Gasteiger partial charge in [-0.3, -0.25) is 4.79 Å². The van der Waals surface area contributed by atoms with Gasteiger partial charge in [0.05, 0.1) is 23.4 Å². The van der Waals surface area contributed by atoms with Gasteiger partial charge >= 0.3 is 5.97 Å². The SMILES string of the molecule is Cc1c(-c2nc3c(F)c(F)cc(F)c3s2)c2ccc(N3CCOCC3)cc2n1CC(=O)O. The molecule has 5 rings (SSSR count). The van der Waals surface area contributed by atoms with Crippen molar-refractivity contribution in [2.45, 2.75) is 13.5 Å². The standard InChI is InChI=1S/C22H18F3N3O3S/c1-11-18(22-26-20-19(25)14(23)9-15(24)21(20)32-22)13-3-2-12(27-4-6-31-7-5-27)8-16(13)28(11)10-17(29)30/h2-3,8-9H,4-7,10H2,1H3,(H,29,30). The summed E-state index contributed by atoms with van der Waals surface area (Å²) in [5.74, 6) is -4.40. The quantitative estimate of drug-likeness (QED) is 0.451. The molecule has 0 amide bonds. The minimum Gasteiger partial charge on any atom is -0.480 e. The van der Waals surface area contributed by atoms with Crippen LogP contribution in [0, 0.1) is 24.4 Å². The molecule has 10 heteroatoms. The lowest BCUT2D eigenvalue weighted by molar-refractivity contribution is -0.137. The highest BCUT2D eigenvalue weighted by molar-refractivity contribution is 7.21. The summed E-state index contributed by atoms with van der Waals surface area (Å²) < 4.78 is 49.2. The molecule has 3 heterocycles. The number of benzene rings is 2. The minimum atomic E-state index is -1.30. The van der Waals surface area contributed by atoms with Crippen LogP contribution in [0.1, 0.15) is 5.69 Å². The summed E-state index contributed by atoms with van der Waals surface area (Å²) in [4.78, 5) is 17.9. The van der Waals surface area contributed by atoms with Crippen LogP contribution in [-0.2, 0) is 16.1 Å². The van der Waals surface area contributed by atoms with Crippen LogP contribution in [-0.4, -0.2) is 46.9 Å². The number of nitrogens with zero attached hydrogens (tertiary/aromatic N) is 3. The molecule has 0 saturated carbocycles. The van der Waals surface area contributed by atoms with Gasteiger partial charge in [0.1, 0.15) is 22.9 Å². The molecule has 1 aliphatic heterocycles. The van der Waals surface area contributed by atoms with Gasteiger partial charge in [-0.1, -0.05) is 6.07 Å². The third-order valence-corrected chi connectivity index (χ3v) is 6.79. The van der Waals surface area contributed by atoms with Crippen LogP contribution >= 0.6 is 11.3 Å². The Labute approximate surface area is 184 Å². The van der Waals surface area contributed by atoms with E-state index in [2.05, 4.69) is 9.88 Å². The number of fused-ring (bicyclic) bond motifs is 2. The third-order valence-electron chi connectivity index (χ3n) is 5.71. The van der Waals surface area contributed by atoms with Gasteiger partial charge in [-0.25, -0.2) is 18.2 Å². The third kappa shape index (κ3) is 3.30. The van der Waals surface area contributed by atoms with E-state index >= 15 is 0 Å². The van der Waals surface area contributed by atoms with Crippen LogP contribution in [0.2, 0.25) is 0 Å². The molecular weight excluding hydrogens is 443 g/mol. The number of aliphatic carboxylic acids is 1. The number of carboxylic acids is 1. The van der Waals surface area contributed by atoms with Gasteiger partial charge in [0, 0.05) is 41.5 Å². The van der Waals surface area contributed by atoms with E-state index in [1.165, 1.54) is 0 Å². The van der Waals surface area contributed by atoms with Crippen molar-refractivity contribution in [2.24, 2.45) is 0 Å². The van der Waals surface area contributed by atoms with E-state index in [9.17, 15) is 23.1 Å². The lowest BCUT2D eigenvalue weighted by Crippen LogP contribution is -2.36. The maximum Gasteiger partial charge on any atom is 0.323 e. The van der Waals surface area contributed by atoms with Crippen molar-refractivity contribution in [3.8, 4) is 10.6 Å². The molecule has 0 bridgehead atoms. The second-order valence-corrected chi connectivity index (χ2v) is 8.59. The fourth-order valence-electron chi connectivity index (χ4n) is 4.18. The first kappa shape index (κ1) is 20.8. The van der Waals surface area contributed by atoms with Gasteiger partial charge < -0.3 is 19.3 Å². The van der Waals surface area contributed by atoms with E-state index in [0.29, 0.717) is 46.4 Å². The highest BCUT2D eigenvalue weighted by Gasteiger charge is 2.24. The fraction of sp³-hybridized carbons (Fsp3) is 0.273. The number of hydrogen-bond donors (Lipinski definition) is 1. The largest absolute Gasteiger partial charge is 0.480 e. The summed E-state index contributed by atoms with van der Waals surface area (Å²) in [5, 5.41) is 10.5. The molecule has 0 atom stereocenters. The molecule has 1 N–H and O–H groups in total. The number of carbonyl (C=O) groups is 1. The van der Waals surface area contributed by atoms with Crippen LogP contribution in [0.4, 0.5) is 18.9 Å². The Morgan fingerprint density at radius 2 is 1.94 bits per heavy atom. The molecular formula is C22H18F3N3O3S. The number of aromatic nitrogens is 2. The van der Waals surface area contributed by atoms with Gasteiger partial charge in [0.15, 0.2) is 11.6 Å². The molecule has 0 unspecified atom stereocenters. The van der Waals surface area contributed by atoms with Crippen LogP contribution < -0.4 is 4.90 Å². The van der Waals surface area contributed by atoms with Gasteiger partial charge in [0.2, 0.25) is 0 Å². The number of thiazole rings is 1. The topological polar surface area (TPSA) is 67.6 Å². The Morgan fingerprint density at radius 1 is 1.19 bits per heavy atom. The molecule has 6 nitrogen and oxygen atoms in total. The zero-order chi connectivity index (χ0) is 22.6. The summed E-state index contributed by atoms with van der Waals surface area (Å²) in [7, 11) is 0. The summed E-state index contributed by atoms with van der Waals surface area (Å²) in [5.41, 5.74) is 2.42. The predicted molar refractivity (Wildman–Crippen MR) is 116 cm³/mol. The van der Waals surface area contributed by atoms with Gasteiger partial charge in [-0.05, 0) is 19.1 Å². The molecule has 2 aromatic heterocycles. The van der Waals surface area contributed by atoms with Crippen molar-refractivity contribution in [3.63, 3.8) is 0 Å². The van der Waals surface area contributed by atoms with E-state index in [1.807, 2.05) is 18.2 Å². The molecule has 166 valence electrons. The summed E-state index contributed by atoms with van der Waals surface area (Å²) in [6.45, 7) is 4.12. The van der Waals surface area contributed by atoms with Gasteiger partial charge in [-0.2, -0.15) is 0 Å². The molecule has 1 aliphatic rings. The van der Waals surface area contributed by atoms with Crippen molar-refractivity contribution < 1.29 is 27.8 Å². The highest BCUT2D eigenvalue weighted by atomic mass is 32.1. The molecule has 0 aliphatic carbocycles. The summed E-state index contributed by atoms with van der Waals surface area (Å²) in [6.07, 6.45) is 0. The average Bonchev–Trinajstić information content (AvgIpc) is 3.32. The Hall–Kier alpha value is -3.11. The molecule has 1 fully saturated rings. The van der Waals surface area contributed by atoms with Gasteiger partial charge in [0.25, 0.3) is 0 Å². The average molecular weight is 461 g/mol. The van der Waals surface area contributed by atoms with E-state index < -0.39 is 23.4 Å². The Balaban J connectivity index is 1.73. The van der Waals surface area contributed by atoms with E-state index in [0.717, 1.165) is 30.1 Å². The fourth-order valence-corrected chi connectivity index (χ4v) is 5.26. The Kier molecular flexibility index (Phi) is 5.06. The zero-order valence-corrected chi connectivity index (χ0v) is 17.8. The van der Waals surface area contributed by atoms with E-state index in [-0.39, 0.29) is 16.8 Å². The number of hydrogen-bond acceptors (Lipinski definition) is 5. The van der Waals surface area contributed by atoms with Crippen molar-refractivity contribution >= 4 is 44.1 Å². The van der Waals surface area contributed by atoms with Gasteiger partial charge in [-0.15, -0.1) is 11.3 Å². The van der Waals surface area contributed by atoms with Crippen molar-refractivity contribution in [3.05, 3.63) is 47.4 Å². The number of halogens is 3.